The van der Waals surface area contributed by atoms with Gasteiger partial charge in [-0.15, -0.1) is 11.8 Å². The van der Waals surface area contributed by atoms with Gasteiger partial charge < -0.3 is 10.6 Å². The molecule has 25 heavy (non-hydrogen) atoms. The fourth-order valence-corrected chi connectivity index (χ4v) is 4.96. The molecule has 0 aliphatic carbocycles. The number of thioether (sulfide) groups is 2. The van der Waals surface area contributed by atoms with Gasteiger partial charge in [-0.3, -0.25) is 14.5 Å². The highest BCUT2D eigenvalue weighted by Gasteiger charge is 2.53. The standard InChI is InChI=1S/C16H18ClN3O3S2/c17-11-1-3-12(4-2-11)25-8-6-18-13(21)9-20-14(22)16(19-15(20)23)5-7-24-10-16/h1-4H,5-10H2,(H,18,21)(H,19,23). The van der Waals surface area contributed by atoms with Gasteiger partial charge in [-0.1, -0.05) is 11.6 Å². The number of nitrogens with one attached hydrogen (secondary N) is 2. The predicted molar refractivity (Wildman–Crippen MR) is 100 cm³/mol. The molecule has 2 heterocycles. The SMILES string of the molecule is O=C(CN1C(=O)NC2(CCSC2)C1=O)NCCSc1ccc(Cl)cc1. The molecule has 0 bridgehead atoms. The zero-order chi connectivity index (χ0) is 17.9. The quantitative estimate of drug-likeness (QED) is 0.434. The highest BCUT2D eigenvalue weighted by Crippen LogP contribution is 2.33. The molecular formula is C16H18ClN3O3S2. The second kappa shape index (κ2) is 7.88. The van der Waals surface area contributed by atoms with Crippen molar-refractivity contribution in [2.45, 2.75) is 16.9 Å². The van der Waals surface area contributed by atoms with Gasteiger partial charge in [0.05, 0.1) is 0 Å². The summed E-state index contributed by atoms with van der Waals surface area (Å²) in [6.07, 6.45) is 0.623. The fraction of sp³-hybridized carbons (Fsp3) is 0.438. The van der Waals surface area contributed by atoms with Gasteiger partial charge in [0.1, 0.15) is 12.1 Å². The van der Waals surface area contributed by atoms with Crippen LogP contribution in [0.2, 0.25) is 5.02 Å². The topological polar surface area (TPSA) is 78.5 Å². The van der Waals surface area contributed by atoms with Gasteiger partial charge in [-0.05, 0) is 36.4 Å². The van der Waals surface area contributed by atoms with Crippen LogP contribution in [0.15, 0.2) is 29.2 Å². The normalized spacial score (nSPS) is 22.5. The summed E-state index contributed by atoms with van der Waals surface area (Å²) in [5.74, 6) is 1.49. The van der Waals surface area contributed by atoms with Crippen molar-refractivity contribution in [1.82, 2.24) is 15.5 Å². The molecule has 2 N–H and O–H groups in total. The molecule has 2 saturated heterocycles. The van der Waals surface area contributed by atoms with Crippen LogP contribution in [0, 0.1) is 0 Å². The van der Waals surface area contributed by atoms with Gasteiger partial charge in [-0.2, -0.15) is 11.8 Å². The zero-order valence-corrected chi connectivity index (χ0v) is 15.8. The van der Waals surface area contributed by atoms with E-state index in [2.05, 4.69) is 10.6 Å². The van der Waals surface area contributed by atoms with Gasteiger partial charge in [0.25, 0.3) is 5.91 Å². The summed E-state index contributed by atoms with van der Waals surface area (Å²) < 4.78 is 0. The van der Waals surface area contributed by atoms with Crippen LogP contribution in [-0.2, 0) is 9.59 Å². The summed E-state index contributed by atoms with van der Waals surface area (Å²) in [5.41, 5.74) is -0.799. The van der Waals surface area contributed by atoms with Gasteiger partial charge in [0, 0.05) is 28.0 Å². The summed E-state index contributed by atoms with van der Waals surface area (Å²) in [6, 6.07) is 7.00. The third kappa shape index (κ3) is 4.24. The summed E-state index contributed by atoms with van der Waals surface area (Å²) in [6.45, 7) is 0.222. The number of imide groups is 1. The summed E-state index contributed by atoms with van der Waals surface area (Å²) in [7, 11) is 0. The van der Waals surface area contributed by atoms with Gasteiger partial charge in [0.2, 0.25) is 5.91 Å². The first-order valence-electron chi connectivity index (χ1n) is 7.87. The molecule has 1 aromatic rings. The van der Waals surface area contributed by atoms with E-state index in [1.807, 2.05) is 24.3 Å². The van der Waals surface area contributed by atoms with E-state index in [0.29, 0.717) is 29.5 Å². The third-order valence-electron chi connectivity index (χ3n) is 4.08. The Bertz CT molecular complexity index is 678. The van der Waals surface area contributed by atoms with Crippen molar-refractivity contribution in [1.29, 1.82) is 0 Å². The Balaban J connectivity index is 1.42. The van der Waals surface area contributed by atoms with E-state index in [0.717, 1.165) is 15.5 Å². The van der Waals surface area contributed by atoms with Crippen LogP contribution < -0.4 is 10.6 Å². The summed E-state index contributed by atoms with van der Waals surface area (Å²) in [4.78, 5) is 38.6. The summed E-state index contributed by atoms with van der Waals surface area (Å²) in [5, 5.41) is 6.18. The first-order valence-corrected chi connectivity index (χ1v) is 10.4. The minimum Gasteiger partial charge on any atom is -0.354 e. The third-order valence-corrected chi connectivity index (χ3v) is 6.53. The van der Waals surface area contributed by atoms with E-state index >= 15 is 0 Å². The second-order valence-electron chi connectivity index (χ2n) is 5.86. The van der Waals surface area contributed by atoms with Crippen LogP contribution in [0.1, 0.15) is 6.42 Å². The minimum absolute atomic E-state index is 0.233. The number of amides is 4. The van der Waals surface area contributed by atoms with Crippen molar-refractivity contribution in [2.75, 3.05) is 30.3 Å². The Morgan fingerprint density at radius 2 is 2.12 bits per heavy atom. The maximum Gasteiger partial charge on any atom is 0.325 e. The number of rotatable bonds is 6. The molecule has 3 rings (SSSR count). The molecule has 1 atom stereocenters. The molecule has 9 heteroatoms. The number of benzene rings is 1. The number of carbonyl (C=O) groups excluding carboxylic acids is 3. The van der Waals surface area contributed by atoms with Crippen molar-refractivity contribution < 1.29 is 14.4 Å². The Kier molecular flexibility index (Phi) is 5.81. The maximum absolute atomic E-state index is 12.5. The number of hydrogen-bond donors (Lipinski definition) is 2. The van der Waals surface area contributed by atoms with Gasteiger partial charge >= 0.3 is 6.03 Å². The van der Waals surface area contributed by atoms with Crippen LogP contribution in [0.4, 0.5) is 4.79 Å². The van der Waals surface area contributed by atoms with Crippen molar-refractivity contribution >= 4 is 53.0 Å². The van der Waals surface area contributed by atoms with Crippen LogP contribution >= 0.6 is 35.1 Å². The molecule has 0 radical (unpaired) electrons. The number of urea groups is 1. The molecule has 6 nitrogen and oxygen atoms in total. The molecule has 2 aliphatic heterocycles. The van der Waals surface area contributed by atoms with Crippen LogP contribution in [0.5, 0.6) is 0 Å². The van der Waals surface area contributed by atoms with E-state index in [1.165, 1.54) is 0 Å². The maximum atomic E-state index is 12.5. The minimum atomic E-state index is -0.799. The molecule has 1 aromatic carbocycles. The van der Waals surface area contributed by atoms with Crippen molar-refractivity contribution in [2.24, 2.45) is 0 Å². The average Bonchev–Trinajstić information content (AvgIpc) is 3.14. The van der Waals surface area contributed by atoms with Crippen molar-refractivity contribution in [3.8, 4) is 0 Å². The van der Waals surface area contributed by atoms with E-state index < -0.39 is 11.6 Å². The molecule has 0 aromatic heterocycles. The van der Waals surface area contributed by atoms with E-state index in [-0.39, 0.29) is 18.4 Å². The first kappa shape index (κ1) is 18.4. The molecular weight excluding hydrogens is 382 g/mol. The second-order valence-corrected chi connectivity index (χ2v) is 8.57. The molecule has 1 spiro atoms. The van der Waals surface area contributed by atoms with E-state index in [1.54, 1.807) is 23.5 Å². The molecule has 4 amide bonds. The average molecular weight is 400 g/mol. The smallest absolute Gasteiger partial charge is 0.325 e. The lowest BCUT2D eigenvalue weighted by molar-refractivity contribution is -0.134. The first-order chi connectivity index (χ1) is 12.0. The lowest BCUT2D eigenvalue weighted by Crippen LogP contribution is -2.47. The Labute approximate surface area is 159 Å². The highest BCUT2D eigenvalue weighted by molar-refractivity contribution is 7.99. The molecule has 134 valence electrons. The fourth-order valence-electron chi connectivity index (χ4n) is 2.74. The van der Waals surface area contributed by atoms with Crippen LogP contribution in [-0.4, -0.2) is 58.6 Å². The van der Waals surface area contributed by atoms with Crippen LogP contribution in [0.25, 0.3) is 0 Å². The van der Waals surface area contributed by atoms with Crippen LogP contribution in [0.3, 0.4) is 0 Å². The lowest BCUT2D eigenvalue weighted by Gasteiger charge is -2.19. The Hall–Kier alpha value is -1.38. The highest BCUT2D eigenvalue weighted by atomic mass is 35.5. The monoisotopic (exact) mass is 399 g/mol. The number of nitrogens with zero attached hydrogens (tertiary/aromatic N) is 1. The summed E-state index contributed by atoms with van der Waals surface area (Å²) >= 11 is 9.06. The van der Waals surface area contributed by atoms with Crippen molar-refractivity contribution in [3.05, 3.63) is 29.3 Å². The molecule has 2 aliphatic rings. The number of carbonyl (C=O) groups is 3. The molecule has 1 unspecified atom stereocenters. The Morgan fingerprint density at radius 1 is 1.36 bits per heavy atom. The lowest BCUT2D eigenvalue weighted by atomic mass is 9.99. The molecule has 2 fully saturated rings. The Morgan fingerprint density at radius 3 is 2.80 bits per heavy atom. The number of hydrogen-bond acceptors (Lipinski definition) is 5. The van der Waals surface area contributed by atoms with Crippen molar-refractivity contribution in [3.63, 3.8) is 0 Å². The zero-order valence-electron chi connectivity index (χ0n) is 13.4. The molecule has 0 saturated carbocycles. The van der Waals surface area contributed by atoms with Gasteiger partial charge in [0.15, 0.2) is 0 Å². The largest absolute Gasteiger partial charge is 0.354 e. The van der Waals surface area contributed by atoms with E-state index in [4.69, 9.17) is 11.6 Å². The number of halogens is 1. The van der Waals surface area contributed by atoms with Gasteiger partial charge in [-0.25, -0.2) is 4.79 Å². The van der Waals surface area contributed by atoms with E-state index in [9.17, 15) is 14.4 Å². The predicted octanol–water partition coefficient (Wildman–Crippen LogP) is 1.98.